The molecule has 17 heavy (non-hydrogen) atoms. The van der Waals surface area contributed by atoms with Crippen molar-refractivity contribution in [3.63, 3.8) is 0 Å². The molecule has 0 radical (unpaired) electrons. The maximum absolute atomic E-state index is 10.4. The van der Waals surface area contributed by atoms with Gasteiger partial charge in [-0.05, 0) is 46.9 Å². The van der Waals surface area contributed by atoms with Crippen molar-refractivity contribution in [2.45, 2.75) is 0 Å². The summed E-state index contributed by atoms with van der Waals surface area (Å²) in [5, 5.41) is 10.4. The van der Waals surface area contributed by atoms with Crippen molar-refractivity contribution in [2.24, 2.45) is 0 Å². The summed E-state index contributed by atoms with van der Waals surface area (Å²) >= 11 is 2.19. The first kappa shape index (κ1) is 11.8. The molecule has 0 aliphatic carbocycles. The van der Waals surface area contributed by atoms with Gasteiger partial charge in [0.2, 0.25) is 5.88 Å². The lowest BCUT2D eigenvalue weighted by molar-refractivity contribution is -0.385. The van der Waals surface area contributed by atoms with E-state index in [2.05, 4.69) is 27.6 Å². The lowest BCUT2D eigenvalue weighted by Gasteiger charge is -2.03. The fourth-order valence-corrected chi connectivity index (χ4v) is 1.52. The molecule has 0 N–H and O–H groups in total. The molecular weight excluding hydrogens is 335 g/mol. The number of nitro groups is 1. The van der Waals surface area contributed by atoms with Gasteiger partial charge in [0, 0.05) is 15.7 Å². The summed E-state index contributed by atoms with van der Waals surface area (Å²) in [7, 11) is 0. The van der Waals surface area contributed by atoms with Crippen LogP contribution in [0.4, 0.5) is 5.69 Å². The molecule has 5 nitrogen and oxygen atoms in total. The van der Waals surface area contributed by atoms with E-state index in [1.165, 1.54) is 18.3 Å². The van der Waals surface area contributed by atoms with Crippen LogP contribution in [0.1, 0.15) is 0 Å². The van der Waals surface area contributed by atoms with Crippen LogP contribution in [0.25, 0.3) is 0 Å². The molecule has 0 unspecified atom stereocenters. The first-order valence-electron chi connectivity index (χ1n) is 4.69. The molecule has 1 aromatic heterocycles. The Morgan fingerprint density at radius 3 is 2.41 bits per heavy atom. The average Bonchev–Trinajstić information content (AvgIpc) is 2.33. The number of pyridine rings is 1. The molecule has 0 aliphatic rings. The van der Waals surface area contributed by atoms with Crippen LogP contribution in [0.5, 0.6) is 11.6 Å². The van der Waals surface area contributed by atoms with Crippen LogP contribution in [0, 0.1) is 13.7 Å². The molecule has 0 amide bonds. The highest BCUT2D eigenvalue weighted by Crippen LogP contribution is 2.21. The van der Waals surface area contributed by atoms with Gasteiger partial charge in [0.15, 0.2) is 0 Å². The van der Waals surface area contributed by atoms with Gasteiger partial charge in [-0.3, -0.25) is 10.1 Å². The normalized spacial score (nSPS) is 9.94. The maximum atomic E-state index is 10.4. The quantitative estimate of drug-likeness (QED) is 0.487. The van der Waals surface area contributed by atoms with E-state index >= 15 is 0 Å². The summed E-state index contributed by atoms with van der Waals surface area (Å²) in [4.78, 5) is 13.8. The molecule has 6 heteroatoms. The number of hydrogen-bond donors (Lipinski definition) is 0. The van der Waals surface area contributed by atoms with E-state index in [9.17, 15) is 10.1 Å². The number of hydrogen-bond acceptors (Lipinski definition) is 4. The molecule has 1 aromatic carbocycles. The third-order valence-corrected chi connectivity index (χ3v) is 2.69. The summed E-state index contributed by atoms with van der Waals surface area (Å²) in [5.41, 5.74) is -0.0556. The van der Waals surface area contributed by atoms with Crippen molar-refractivity contribution < 1.29 is 9.66 Å². The number of nitrogens with zero attached hydrogens (tertiary/aromatic N) is 2. The van der Waals surface area contributed by atoms with Crippen molar-refractivity contribution in [3.05, 3.63) is 56.3 Å². The van der Waals surface area contributed by atoms with E-state index in [1.54, 1.807) is 0 Å². The van der Waals surface area contributed by atoms with Gasteiger partial charge in [0.1, 0.15) is 11.9 Å². The number of rotatable bonds is 3. The predicted molar refractivity (Wildman–Crippen MR) is 70.1 cm³/mol. The first-order chi connectivity index (χ1) is 8.15. The second kappa shape index (κ2) is 5.09. The number of benzene rings is 1. The van der Waals surface area contributed by atoms with Crippen LogP contribution in [0.15, 0.2) is 42.6 Å². The van der Waals surface area contributed by atoms with Crippen LogP contribution in [-0.2, 0) is 0 Å². The molecule has 2 aromatic rings. The third kappa shape index (κ3) is 3.13. The molecule has 0 saturated heterocycles. The Kier molecular flexibility index (Phi) is 3.52. The standard InChI is InChI=1S/C11H7IN2O3/c12-8-1-4-10(5-2-8)17-11-6-3-9(7-13-11)14(15)16/h1-7H. The Bertz CT molecular complexity index is 525. The fourth-order valence-electron chi connectivity index (χ4n) is 1.16. The zero-order valence-corrected chi connectivity index (χ0v) is 10.7. The van der Waals surface area contributed by atoms with Gasteiger partial charge in [0.25, 0.3) is 5.69 Å². The Balaban J connectivity index is 2.13. The highest BCUT2D eigenvalue weighted by Gasteiger charge is 2.06. The van der Waals surface area contributed by atoms with Gasteiger partial charge in [0.05, 0.1) is 4.92 Å². The molecule has 0 atom stereocenters. The van der Waals surface area contributed by atoms with Crippen molar-refractivity contribution >= 4 is 28.3 Å². The van der Waals surface area contributed by atoms with E-state index in [0.29, 0.717) is 11.6 Å². The fraction of sp³-hybridized carbons (Fsp3) is 0. The minimum absolute atomic E-state index is 0.0556. The Morgan fingerprint density at radius 1 is 1.18 bits per heavy atom. The van der Waals surface area contributed by atoms with E-state index in [1.807, 2.05) is 24.3 Å². The lowest BCUT2D eigenvalue weighted by Crippen LogP contribution is -1.91. The smallest absolute Gasteiger partial charge is 0.287 e. The average molecular weight is 342 g/mol. The van der Waals surface area contributed by atoms with Crippen molar-refractivity contribution in [1.82, 2.24) is 4.98 Å². The van der Waals surface area contributed by atoms with Crippen molar-refractivity contribution in [2.75, 3.05) is 0 Å². The van der Waals surface area contributed by atoms with Gasteiger partial charge >= 0.3 is 0 Å². The molecule has 1 heterocycles. The Morgan fingerprint density at radius 2 is 1.88 bits per heavy atom. The van der Waals surface area contributed by atoms with Crippen molar-refractivity contribution in [1.29, 1.82) is 0 Å². The van der Waals surface area contributed by atoms with E-state index in [4.69, 9.17) is 4.74 Å². The second-order valence-electron chi connectivity index (χ2n) is 3.17. The molecular formula is C11H7IN2O3. The van der Waals surface area contributed by atoms with Crippen LogP contribution in [0.3, 0.4) is 0 Å². The number of ether oxygens (including phenoxy) is 1. The van der Waals surface area contributed by atoms with Crippen LogP contribution in [0.2, 0.25) is 0 Å². The van der Waals surface area contributed by atoms with E-state index in [0.717, 1.165) is 3.57 Å². The van der Waals surface area contributed by atoms with Gasteiger partial charge in [-0.2, -0.15) is 0 Å². The summed E-state index contributed by atoms with van der Waals surface area (Å²) in [6, 6.07) is 10.3. The molecule has 0 bridgehead atoms. The highest BCUT2D eigenvalue weighted by atomic mass is 127. The second-order valence-corrected chi connectivity index (χ2v) is 4.41. The number of aromatic nitrogens is 1. The molecule has 0 aliphatic heterocycles. The van der Waals surface area contributed by atoms with Gasteiger partial charge in [-0.15, -0.1) is 0 Å². The van der Waals surface area contributed by atoms with Gasteiger partial charge < -0.3 is 4.74 Å². The summed E-state index contributed by atoms with van der Waals surface area (Å²) < 4.78 is 6.53. The zero-order valence-electron chi connectivity index (χ0n) is 8.54. The topological polar surface area (TPSA) is 65.3 Å². The largest absolute Gasteiger partial charge is 0.439 e. The molecule has 0 fully saturated rings. The van der Waals surface area contributed by atoms with Crippen LogP contribution < -0.4 is 4.74 Å². The minimum atomic E-state index is -0.498. The maximum Gasteiger partial charge on any atom is 0.287 e. The lowest BCUT2D eigenvalue weighted by atomic mass is 10.3. The highest BCUT2D eigenvalue weighted by molar-refractivity contribution is 14.1. The van der Waals surface area contributed by atoms with Crippen LogP contribution >= 0.6 is 22.6 Å². The Hall–Kier alpha value is -1.70. The van der Waals surface area contributed by atoms with Gasteiger partial charge in [-0.1, -0.05) is 0 Å². The summed E-state index contributed by atoms with van der Waals surface area (Å²) in [5.74, 6) is 0.976. The van der Waals surface area contributed by atoms with E-state index in [-0.39, 0.29) is 5.69 Å². The van der Waals surface area contributed by atoms with Crippen LogP contribution in [-0.4, -0.2) is 9.91 Å². The molecule has 86 valence electrons. The molecule has 2 rings (SSSR count). The monoisotopic (exact) mass is 342 g/mol. The molecule has 0 spiro atoms. The van der Waals surface area contributed by atoms with Crippen molar-refractivity contribution in [3.8, 4) is 11.6 Å². The molecule has 0 saturated carbocycles. The summed E-state index contributed by atoms with van der Waals surface area (Å²) in [6.07, 6.45) is 1.17. The predicted octanol–water partition coefficient (Wildman–Crippen LogP) is 3.39. The van der Waals surface area contributed by atoms with E-state index < -0.39 is 4.92 Å². The third-order valence-electron chi connectivity index (χ3n) is 1.97. The zero-order chi connectivity index (χ0) is 12.3. The first-order valence-corrected chi connectivity index (χ1v) is 5.77. The number of halogens is 1. The minimum Gasteiger partial charge on any atom is -0.439 e. The van der Waals surface area contributed by atoms with Gasteiger partial charge in [-0.25, -0.2) is 4.98 Å². The SMILES string of the molecule is O=[N+]([O-])c1ccc(Oc2ccc(I)cc2)nc1. The Labute approximate surface area is 111 Å². The summed E-state index contributed by atoms with van der Waals surface area (Å²) in [6.45, 7) is 0.